The van der Waals surface area contributed by atoms with Gasteiger partial charge < -0.3 is 5.11 Å². The predicted molar refractivity (Wildman–Crippen MR) is 67.0 cm³/mol. The number of benzene rings is 2. The maximum atomic E-state index is 9.09. The normalized spacial score (nSPS) is 10.9. The first-order chi connectivity index (χ1) is 8.36. The Hall–Kier alpha value is -2.13. The lowest BCUT2D eigenvalue weighted by Gasteiger charge is -1.98. The molecule has 3 aromatic rings. The Bertz CT molecular complexity index is 644. The number of rotatable bonds is 2. The van der Waals surface area contributed by atoms with E-state index in [2.05, 4.69) is 5.10 Å². The van der Waals surface area contributed by atoms with Gasteiger partial charge in [0.05, 0.1) is 17.8 Å². The maximum Gasteiger partial charge on any atom is 0.0931 e. The van der Waals surface area contributed by atoms with Crippen molar-refractivity contribution in [3.05, 3.63) is 60.3 Å². The second kappa shape index (κ2) is 4.03. The van der Waals surface area contributed by atoms with E-state index in [9.17, 15) is 0 Å². The molecule has 0 atom stereocenters. The van der Waals surface area contributed by atoms with Gasteiger partial charge in [-0.25, -0.2) is 4.68 Å². The highest BCUT2D eigenvalue weighted by Gasteiger charge is 2.02. The molecule has 3 nitrogen and oxygen atoms in total. The van der Waals surface area contributed by atoms with E-state index < -0.39 is 0 Å². The van der Waals surface area contributed by atoms with Crippen LogP contribution in [0.2, 0.25) is 0 Å². The number of hydrogen-bond acceptors (Lipinski definition) is 2. The summed E-state index contributed by atoms with van der Waals surface area (Å²) in [5, 5.41) is 14.7. The lowest BCUT2D eigenvalue weighted by Crippen LogP contribution is -1.92. The Morgan fingerprint density at radius 3 is 2.65 bits per heavy atom. The van der Waals surface area contributed by atoms with Crippen LogP contribution in [0.15, 0.2) is 54.7 Å². The molecule has 0 radical (unpaired) electrons. The van der Waals surface area contributed by atoms with Crippen molar-refractivity contribution in [1.29, 1.82) is 0 Å². The minimum atomic E-state index is 0.0497. The molecule has 1 N–H and O–H groups in total. The summed E-state index contributed by atoms with van der Waals surface area (Å²) in [5.41, 5.74) is 2.82. The predicted octanol–water partition coefficient (Wildman–Crippen LogP) is 2.52. The Morgan fingerprint density at radius 1 is 1.06 bits per heavy atom. The SMILES string of the molecule is OCc1ccc2cn(-c3ccccc3)nc2c1. The highest BCUT2D eigenvalue weighted by Crippen LogP contribution is 2.17. The molecular formula is C14H12N2O. The van der Waals surface area contributed by atoms with Crippen LogP contribution in [0, 0.1) is 0 Å². The van der Waals surface area contributed by atoms with Crippen LogP contribution in [0.25, 0.3) is 16.6 Å². The van der Waals surface area contributed by atoms with Gasteiger partial charge in [-0.05, 0) is 23.8 Å². The molecule has 0 spiro atoms. The van der Waals surface area contributed by atoms with Crippen molar-refractivity contribution in [3.8, 4) is 5.69 Å². The van der Waals surface area contributed by atoms with Crippen molar-refractivity contribution in [2.75, 3.05) is 0 Å². The van der Waals surface area contributed by atoms with Crippen molar-refractivity contribution in [2.24, 2.45) is 0 Å². The fourth-order valence-electron chi connectivity index (χ4n) is 1.87. The Labute approximate surface area is 98.9 Å². The van der Waals surface area contributed by atoms with Gasteiger partial charge in [0.15, 0.2) is 0 Å². The zero-order valence-corrected chi connectivity index (χ0v) is 9.24. The third kappa shape index (κ3) is 1.81. The molecule has 0 saturated heterocycles. The van der Waals surface area contributed by atoms with Gasteiger partial charge in [-0.1, -0.05) is 30.3 Å². The van der Waals surface area contributed by atoms with Gasteiger partial charge >= 0.3 is 0 Å². The standard InChI is InChI=1S/C14H12N2O/c17-10-11-6-7-12-9-16(15-14(12)8-11)13-4-2-1-3-5-13/h1-9,17H,10H2. The zero-order valence-electron chi connectivity index (χ0n) is 9.24. The fourth-order valence-corrected chi connectivity index (χ4v) is 1.87. The molecule has 17 heavy (non-hydrogen) atoms. The summed E-state index contributed by atoms with van der Waals surface area (Å²) >= 11 is 0. The highest BCUT2D eigenvalue weighted by molar-refractivity contribution is 5.79. The first-order valence-electron chi connectivity index (χ1n) is 5.51. The molecule has 1 aromatic heterocycles. The van der Waals surface area contributed by atoms with Gasteiger partial charge in [-0.3, -0.25) is 0 Å². The second-order valence-electron chi connectivity index (χ2n) is 3.96. The van der Waals surface area contributed by atoms with E-state index in [0.29, 0.717) is 0 Å². The highest BCUT2D eigenvalue weighted by atomic mass is 16.3. The number of aliphatic hydroxyl groups excluding tert-OH is 1. The molecule has 1 heterocycles. The summed E-state index contributed by atoms with van der Waals surface area (Å²) in [6.45, 7) is 0.0497. The minimum absolute atomic E-state index is 0.0497. The van der Waals surface area contributed by atoms with Gasteiger partial charge in [0.25, 0.3) is 0 Å². The second-order valence-corrected chi connectivity index (χ2v) is 3.96. The van der Waals surface area contributed by atoms with Crippen LogP contribution in [0.1, 0.15) is 5.56 Å². The van der Waals surface area contributed by atoms with Crippen LogP contribution in [0.5, 0.6) is 0 Å². The van der Waals surface area contributed by atoms with Crippen molar-refractivity contribution in [1.82, 2.24) is 9.78 Å². The van der Waals surface area contributed by atoms with E-state index in [-0.39, 0.29) is 6.61 Å². The first-order valence-corrected chi connectivity index (χ1v) is 5.51. The molecular weight excluding hydrogens is 212 g/mol. The Balaban J connectivity index is 2.14. The van der Waals surface area contributed by atoms with Crippen LogP contribution < -0.4 is 0 Å². The van der Waals surface area contributed by atoms with Crippen molar-refractivity contribution < 1.29 is 5.11 Å². The van der Waals surface area contributed by atoms with E-state index in [0.717, 1.165) is 22.2 Å². The smallest absolute Gasteiger partial charge is 0.0931 e. The molecule has 3 heteroatoms. The number of nitrogens with zero attached hydrogens (tertiary/aromatic N) is 2. The molecule has 84 valence electrons. The number of aromatic nitrogens is 2. The lowest BCUT2D eigenvalue weighted by molar-refractivity contribution is 0.282. The molecule has 0 aliphatic rings. The van der Waals surface area contributed by atoms with Gasteiger partial charge in [0.2, 0.25) is 0 Å². The molecule has 0 bridgehead atoms. The minimum Gasteiger partial charge on any atom is -0.392 e. The third-order valence-corrected chi connectivity index (χ3v) is 2.77. The van der Waals surface area contributed by atoms with Gasteiger partial charge in [0.1, 0.15) is 0 Å². The summed E-state index contributed by atoms with van der Waals surface area (Å²) in [7, 11) is 0. The summed E-state index contributed by atoms with van der Waals surface area (Å²) in [5.74, 6) is 0. The van der Waals surface area contributed by atoms with Crippen molar-refractivity contribution >= 4 is 10.9 Å². The topological polar surface area (TPSA) is 38.0 Å². The largest absolute Gasteiger partial charge is 0.392 e. The summed E-state index contributed by atoms with van der Waals surface area (Å²) < 4.78 is 1.85. The zero-order chi connectivity index (χ0) is 11.7. The van der Waals surface area contributed by atoms with Crippen molar-refractivity contribution in [2.45, 2.75) is 6.61 Å². The average molecular weight is 224 g/mol. The van der Waals surface area contributed by atoms with E-state index in [1.807, 2.05) is 59.4 Å². The van der Waals surface area contributed by atoms with Gasteiger partial charge in [-0.15, -0.1) is 0 Å². The van der Waals surface area contributed by atoms with E-state index in [4.69, 9.17) is 5.11 Å². The van der Waals surface area contributed by atoms with Crippen LogP contribution in [0.4, 0.5) is 0 Å². The van der Waals surface area contributed by atoms with Crippen LogP contribution in [-0.4, -0.2) is 14.9 Å². The number of hydrogen-bond donors (Lipinski definition) is 1. The summed E-state index contributed by atoms with van der Waals surface area (Å²) in [6.07, 6.45) is 1.99. The van der Waals surface area contributed by atoms with Crippen molar-refractivity contribution in [3.63, 3.8) is 0 Å². The van der Waals surface area contributed by atoms with Gasteiger partial charge in [-0.2, -0.15) is 5.10 Å². The molecule has 0 amide bonds. The average Bonchev–Trinajstić information content (AvgIpc) is 2.82. The third-order valence-electron chi connectivity index (χ3n) is 2.77. The van der Waals surface area contributed by atoms with Gasteiger partial charge in [0, 0.05) is 11.6 Å². The number of fused-ring (bicyclic) bond motifs is 1. The molecule has 0 aliphatic carbocycles. The summed E-state index contributed by atoms with van der Waals surface area (Å²) in [6, 6.07) is 15.8. The molecule has 0 fully saturated rings. The lowest BCUT2D eigenvalue weighted by atomic mass is 10.2. The molecule has 0 aliphatic heterocycles. The first kappa shape index (κ1) is 10.1. The quantitative estimate of drug-likeness (QED) is 0.726. The molecule has 3 rings (SSSR count). The molecule has 2 aromatic carbocycles. The van der Waals surface area contributed by atoms with E-state index in [1.165, 1.54) is 0 Å². The van der Waals surface area contributed by atoms with E-state index >= 15 is 0 Å². The van der Waals surface area contributed by atoms with Crippen LogP contribution in [-0.2, 0) is 6.61 Å². The monoisotopic (exact) mass is 224 g/mol. The maximum absolute atomic E-state index is 9.09. The van der Waals surface area contributed by atoms with Crippen LogP contribution in [0.3, 0.4) is 0 Å². The van der Waals surface area contributed by atoms with E-state index in [1.54, 1.807) is 0 Å². The fraction of sp³-hybridized carbons (Fsp3) is 0.0714. The Morgan fingerprint density at radius 2 is 1.88 bits per heavy atom. The molecule has 0 saturated carbocycles. The summed E-state index contributed by atoms with van der Waals surface area (Å²) in [4.78, 5) is 0. The Kier molecular flexibility index (Phi) is 2.38. The van der Waals surface area contributed by atoms with Crippen LogP contribution >= 0.6 is 0 Å². The number of para-hydroxylation sites is 1. The molecule has 0 unspecified atom stereocenters. The number of aliphatic hydroxyl groups is 1.